The normalized spacial score (nSPS) is 10.9. The van der Waals surface area contributed by atoms with Gasteiger partial charge in [-0.25, -0.2) is 0 Å². The zero-order chi connectivity index (χ0) is 17.6. The average Bonchev–Trinajstić information content (AvgIpc) is 2.63. The lowest BCUT2D eigenvalue weighted by atomic mass is 10.0. The highest BCUT2D eigenvalue weighted by Gasteiger charge is 2.10. The lowest BCUT2D eigenvalue weighted by molar-refractivity contribution is -0.137. The number of hydrogen-bond donors (Lipinski definition) is 1. The highest BCUT2D eigenvalue weighted by molar-refractivity contribution is 5.94. The minimum absolute atomic E-state index is 0.0178. The van der Waals surface area contributed by atoms with Crippen LogP contribution in [0.4, 0.5) is 0 Å². The fourth-order valence-corrected chi connectivity index (χ4v) is 3.14. The molecule has 4 heteroatoms. The number of aliphatic carboxylic acids is 1. The maximum atomic E-state index is 12.7. The molecule has 1 aromatic heterocycles. The quantitative estimate of drug-likeness (QED) is 0.654. The molecular weight excluding hydrogens is 314 g/mol. The number of carbonyl (C=O) groups is 1. The first-order valence-electron chi connectivity index (χ1n) is 8.56. The minimum Gasteiger partial charge on any atom is -0.481 e. The molecule has 0 bridgehead atoms. The van der Waals surface area contributed by atoms with E-state index in [-0.39, 0.29) is 12.0 Å². The molecule has 1 heterocycles. The molecule has 3 aromatic rings. The van der Waals surface area contributed by atoms with Gasteiger partial charge in [-0.2, -0.15) is 0 Å². The first kappa shape index (κ1) is 17.0. The van der Waals surface area contributed by atoms with Crippen LogP contribution in [-0.4, -0.2) is 15.6 Å². The van der Waals surface area contributed by atoms with Crippen LogP contribution in [0.5, 0.6) is 0 Å². The number of hydrogen-bond acceptors (Lipinski definition) is 2. The Labute approximate surface area is 146 Å². The van der Waals surface area contributed by atoms with E-state index >= 15 is 0 Å². The Kier molecular flexibility index (Phi) is 5.29. The van der Waals surface area contributed by atoms with Crippen molar-refractivity contribution in [3.8, 4) is 11.1 Å². The average molecular weight is 335 g/mol. The van der Waals surface area contributed by atoms with Crippen molar-refractivity contribution < 1.29 is 9.90 Å². The van der Waals surface area contributed by atoms with E-state index in [0.717, 1.165) is 34.9 Å². The van der Waals surface area contributed by atoms with Crippen LogP contribution in [-0.2, 0) is 11.3 Å². The summed E-state index contributed by atoms with van der Waals surface area (Å²) in [6.07, 6.45) is 2.42. The van der Waals surface area contributed by atoms with E-state index in [2.05, 4.69) is 0 Å². The molecule has 0 saturated carbocycles. The maximum Gasteiger partial charge on any atom is 0.303 e. The molecule has 0 saturated heterocycles. The number of unbranched alkanes of at least 4 members (excludes halogenated alkanes) is 2. The standard InChI is InChI=1S/C21H21NO3/c23-20-15-18(16-9-3-1-4-10-16)17-11-6-7-12-19(17)22(20)14-8-2-5-13-21(24)25/h1,3-4,6-7,9-12,15H,2,5,8,13-14H2,(H,24,25). The number of pyridine rings is 1. The van der Waals surface area contributed by atoms with Crippen molar-refractivity contribution in [1.82, 2.24) is 4.57 Å². The van der Waals surface area contributed by atoms with Gasteiger partial charge in [0.15, 0.2) is 0 Å². The predicted molar refractivity (Wildman–Crippen MR) is 99.7 cm³/mol. The summed E-state index contributed by atoms with van der Waals surface area (Å²) in [4.78, 5) is 23.2. The molecule has 0 radical (unpaired) electrons. The molecule has 0 aliphatic rings. The van der Waals surface area contributed by atoms with Crippen molar-refractivity contribution in [2.24, 2.45) is 0 Å². The minimum atomic E-state index is -0.769. The Bertz CT molecular complexity index is 929. The van der Waals surface area contributed by atoms with E-state index in [1.807, 2.05) is 54.6 Å². The number of nitrogens with zero attached hydrogens (tertiary/aromatic N) is 1. The molecule has 3 rings (SSSR count). The summed E-state index contributed by atoms with van der Waals surface area (Å²) in [6.45, 7) is 0.605. The smallest absolute Gasteiger partial charge is 0.303 e. The molecular formula is C21H21NO3. The van der Waals surface area contributed by atoms with Crippen LogP contribution in [0.1, 0.15) is 25.7 Å². The Morgan fingerprint density at radius 3 is 2.40 bits per heavy atom. The number of carboxylic acid groups (broad SMARTS) is 1. The van der Waals surface area contributed by atoms with Gasteiger partial charge in [-0.1, -0.05) is 55.0 Å². The summed E-state index contributed by atoms with van der Waals surface area (Å²) in [5, 5.41) is 9.75. The monoisotopic (exact) mass is 335 g/mol. The lowest BCUT2D eigenvalue weighted by Crippen LogP contribution is -2.20. The molecule has 0 aliphatic heterocycles. The summed E-state index contributed by atoms with van der Waals surface area (Å²) in [5.74, 6) is -0.769. The molecule has 0 atom stereocenters. The van der Waals surface area contributed by atoms with Gasteiger partial charge in [0, 0.05) is 24.4 Å². The van der Waals surface area contributed by atoms with Gasteiger partial charge in [-0.3, -0.25) is 9.59 Å². The Balaban J connectivity index is 1.92. The zero-order valence-electron chi connectivity index (χ0n) is 14.0. The molecule has 2 aromatic carbocycles. The first-order chi connectivity index (χ1) is 12.2. The number of carboxylic acids is 1. The second-order valence-electron chi connectivity index (χ2n) is 6.14. The molecule has 0 spiro atoms. The second-order valence-corrected chi connectivity index (χ2v) is 6.14. The summed E-state index contributed by atoms with van der Waals surface area (Å²) >= 11 is 0. The number of aromatic nitrogens is 1. The molecule has 0 amide bonds. The third kappa shape index (κ3) is 3.97. The Morgan fingerprint density at radius 1 is 0.920 bits per heavy atom. The molecule has 0 aliphatic carbocycles. The van der Waals surface area contributed by atoms with E-state index in [4.69, 9.17) is 5.11 Å². The molecule has 0 fully saturated rings. The van der Waals surface area contributed by atoms with Crippen molar-refractivity contribution in [1.29, 1.82) is 0 Å². The highest BCUT2D eigenvalue weighted by Crippen LogP contribution is 2.27. The summed E-state index contributed by atoms with van der Waals surface area (Å²) in [5.41, 5.74) is 2.88. The first-order valence-corrected chi connectivity index (χ1v) is 8.56. The van der Waals surface area contributed by atoms with Crippen LogP contribution in [0.3, 0.4) is 0 Å². The topological polar surface area (TPSA) is 59.3 Å². The number of fused-ring (bicyclic) bond motifs is 1. The number of benzene rings is 2. The highest BCUT2D eigenvalue weighted by atomic mass is 16.4. The predicted octanol–water partition coefficient (Wildman–Crippen LogP) is 4.31. The summed E-state index contributed by atoms with van der Waals surface area (Å²) in [7, 11) is 0. The Hall–Kier alpha value is -2.88. The number of rotatable bonds is 7. The van der Waals surface area contributed by atoms with Gasteiger partial charge in [0.05, 0.1) is 5.52 Å². The van der Waals surface area contributed by atoms with Crippen molar-refractivity contribution in [2.45, 2.75) is 32.2 Å². The van der Waals surface area contributed by atoms with Gasteiger partial charge >= 0.3 is 5.97 Å². The molecule has 1 N–H and O–H groups in total. The number of para-hydroxylation sites is 1. The van der Waals surface area contributed by atoms with E-state index in [0.29, 0.717) is 13.0 Å². The third-order valence-electron chi connectivity index (χ3n) is 4.38. The lowest BCUT2D eigenvalue weighted by Gasteiger charge is -2.13. The van der Waals surface area contributed by atoms with Gasteiger partial charge < -0.3 is 9.67 Å². The maximum absolute atomic E-state index is 12.7. The molecule has 0 unspecified atom stereocenters. The van der Waals surface area contributed by atoms with Crippen molar-refractivity contribution in [3.63, 3.8) is 0 Å². The van der Waals surface area contributed by atoms with Gasteiger partial charge in [-0.15, -0.1) is 0 Å². The van der Waals surface area contributed by atoms with Crippen LogP contribution in [0.15, 0.2) is 65.5 Å². The van der Waals surface area contributed by atoms with Crippen LogP contribution in [0, 0.1) is 0 Å². The van der Waals surface area contributed by atoms with Gasteiger partial charge in [0.25, 0.3) is 5.56 Å². The van der Waals surface area contributed by atoms with Crippen molar-refractivity contribution in [2.75, 3.05) is 0 Å². The van der Waals surface area contributed by atoms with Crippen molar-refractivity contribution >= 4 is 16.9 Å². The van der Waals surface area contributed by atoms with Gasteiger partial charge in [0.1, 0.15) is 0 Å². The largest absolute Gasteiger partial charge is 0.481 e. The van der Waals surface area contributed by atoms with Crippen LogP contribution >= 0.6 is 0 Å². The zero-order valence-corrected chi connectivity index (χ0v) is 14.0. The van der Waals surface area contributed by atoms with Crippen LogP contribution in [0.25, 0.3) is 22.0 Å². The summed E-state index contributed by atoms with van der Waals surface area (Å²) < 4.78 is 1.79. The second kappa shape index (κ2) is 7.79. The molecule has 128 valence electrons. The molecule has 4 nitrogen and oxygen atoms in total. The van der Waals surface area contributed by atoms with Gasteiger partial charge in [0.2, 0.25) is 0 Å². The van der Waals surface area contributed by atoms with E-state index in [1.165, 1.54) is 0 Å². The van der Waals surface area contributed by atoms with E-state index < -0.39 is 5.97 Å². The third-order valence-corrected chi connectivity index (χ3v) is 4.38. The number of aryl methyl sites for hydroxylation is 1. The SMILES string of the molecule is O=C(O)CCCCCn1c(=O)cc(-c2ccccc2)c2ccccc21. The fourth-order valence-electron chi connectivity index (χ4n) is 3.14. The summed E-state index contributed by atoms with van der Waals surface area (Å²) in [6, 6.07) is 19.6. The van der Waals surface area contributed by atoms with Crippen LogP contribution < -0.4 is 5.56 Å². The Morgan fingerprint density at radius 2 is 1.64 bits per heavy atom. The van der Waals surface area contributed by atoms with E-state index in [9.17, 15) is 9.59 Å². The van der Waals surface area contributed by atoms with Crippen molar-refractivity contribution in [3.05, 3.63) is 71.0 Å². The molecule has 25 heavy (non-hydrogen) atoms. The fraction of sp³-hybridized carbons (Fsp3) is 0.238. The van der Waals surface area contributed by atoms with Crippen LogP contribution in [0.2, 0.25) is 0 Å². The van der Waals surface area contributed by atoms with Gasteiger partial charge in [-0.05, 0) is 30.0 Å². The van der Waals surface area contributed by atoms with E-state index in [1.54, 1.807) is 10.6 Å².